The van der Waals surface area contributed by atoms with Gasteiger partial charge >= 0.3 is 6.09 Å². The summed E-state index contributed by atoms with van der Waals surface area (Å²) in [6, 6.07) is 5.01. The van der Waals surface area contributed by atoms with E-state index in [1.165, 1.54) is 7.11 Å². The molecule has 0 spiro atoms. The second-order valence-electron chi connectivity index (χ2n) is 4.15. The average molecular weight is 266 g/mol. The number of methoxy groups -OCH3 is 1. The van der Waals surface area contributed by atoms with Gasteiger partial charge in [0.25, 0.3) is 5.91 Å². The lowest BCUT2D eigenvalue weighted by Crippen LogP contribution is -2.33. The summed E-state index contributed by atoms with van der Waals surface area (Å²) >= 11 is 5.91. The molecule has 1 aromatic rings. The molecule has 0 saturated heterocycles. The number of allylic oxidation sites excluding steroid dienone is 1. The number of anilines is 1. The van der Waals surface area contributed by atoms with Gasteiger partial charge in [0.15, 0.2) is 0 Å². The Kier molecular flexibility index (Phi) is 3.13. The number of halogens is 1. The minimum Gasteiger partial charge on any atom is -0.452 e. The lowest BCUT2D eigenvalue weighted by molar-refractivity contribution is -0.112. The summed E-state index contributed by atoms with van der Waals surface area (Å²) in [6.45, 7) is 3.65. The molecule has 0 radical (unpaired) electrons. The van der Waals surface area contributed by atoms with E-state index in [2.05, 4.69) is 4.74 Å². The van der Waals surface area contributed by atoms with Crippen LogP contribution in [0, 0.1) is 0 Å². The van der Waals surface area contributed by atoms with Crippen molar-refractivity contribution in [3.8, 4) is 0 Å². The van der Waals surface area contributed by atoms with Gasteiger partial charge in [0.2, 0.25) is 0 Å². The summed E-state index contributed by atoms with van der Waals surface area (Å²) in [6.07, 6.45) is -0.709. The first-order chi connectivity index (χ1) is 8.47. The summed E-state index contributed by atoms with van der Waals surface area (Å²) in [5.41, 5.74) is 2.53. The molecular weight excluding hydrogens is 254 g/mol. The molecule has 1 heterocycles. The highest BCUT2D eigenvalue weighted by molar-refractivity contribution is 6.40. The van der Waals surface area contributed by atoms with Gasteiger partial charge in [0, 0.05) is 16.2 Å². The summed E-state index contributed by atoms with van der Waals surface area (Å²) < 4.78 is 4.63. The Morgan fingerprint density at radius 1 is 1.33 bits per heavy atom. The Hall–Kier alpha value is -1.81. The van der Waals surface area contributed by atoms with E-state index in [0.717, 1.165) is 10.5 Å². The monoisotopic (exact) mass is 265 g/mol. The van der Waals surface area contributed by atoms with Gasteiger partial charge in [-0.2, -0.15) is 0 Å². The van der Waals surface area contributed by atoms with E-state index in [1.54, 1.807) is 18.2 Å². The fraction of sp³-hybridized carbons (Fsp3) is 0.231. The van der Waals surface area contributed by atoms with Gasteiger partial charge in [-0.25, -0.2) is 9.69 Å². The normalized spacial score (nSPS) is 13.7. The maximum absolute atomic E-state index is 12.2. The smallest absolute Gasteiger partial charge is 0.421 e. The van der Waals surface area contributed by atoms with Crippen LogP contribution in [0.15, 0.2) is 23.8 Å². The zero-order valence-corrected chi connectivity index (χ0v) is 11.0. The Bertz CT molecular complexity index is 574. The predicted molar refractivity (Wildman–Crippen MR) is 69.6 cm³/mol. The highest BCUT2D eigenvalue weighted by Crippen LogP contribution is 2.40. The van der Waals surface area contributed by atoms with Crippen LogP contribution in [0.4, 0.5) is 10.5 Å². The molecule has 0 unspecified atom stereocenters. The second-order valence-corrected chi connectivity index (χ2v) is 4.58. The summed E-state index contributed by atoms with van der Waals surface area (Å²) in [4.78, 5) is 24.9. The van der Waals surface area contributed by atoms with Gasteiger partial charge in [-0.3, -0.25) is 4.79 Å². The van der Waals surface area contributed by atoms with Crippen molar-refractivity contribution in [2.45, 2.75) is 13.8 Å². The van der Waals surface area contributed by atoms with E-state index < -0.39 is 6.09 Å². The van der Waals surface area contributed by atoms with Gasteiger partial charge in [-0.1, -0.05) is 23.2 Å². The number of carbonyl (C=O) groups excluding carboxylic acids is 2. The zero-order valence-electron chi connectivity index (χ0n) is 10.3. The number of fused-ring (bicyclic) bond motifs is 1. The van der Waals surface area contributed by atoms with E-state index in [9.17, 15) is 9.59 Å². The lowest BCUT2D eigenvalue weighted by atomic mass is 10.0. The molecule has 0 aliphatic carbocycles. The SMILES string of the molecule is COC(=O)N1C(=O)C(=C(C)C)c2ccc(Cl)cc21. The second kappa shape index (κ2) is 4.46. The predicted octanol–water partition coefficient (Wildman–Crippen LogP) is 3.25. The minimum atomic E-state index is -0.709. The van der Waals surface area contributed by atoms with Gasteiger partial charge < -0.3 is 4.74 Å². The molecule has 1 aliphatic rings. The van der Waals surface area contributed by atoms with Crippen molar-refractivity contribution in [1.82, 2.24) is 0 Å². The first kappa shape index (κ1) is 12.6. The van der Waals surface area contributed by atoms with Crippen LogP contribution in [0.25, 0.3) is 5.57 Å². The van der Waals surface area contributed by atoms with Crippen LogP contribution in [0.5, 0.6) is 0 Å². The van der Waals surface area contributed by atoms with Crippen molar-refractivity contribution in [2.75, 3.05) is 12.0 Å². The minimum absolute atomic E-state index is 0.376. The van der Waals surface area contributed by atoms with Crippen molar-refractivity contribution in [1.29, 1.82) is 0 Å². The van der Waals surface area contributed by atoms with Crippen LogP contribution >= 0.6 is 11.6 Å². The third-order valence-electron chi connectivity index (χ3n) is 2.74. The fourth-order valence-corrected chi connectivity index (χ4v) is 2.16. The van der Waals surface area contributed by atoms with Gasteiger partial charge in [-0.05, 0) is 26.0 Å². The van der Waals surface area contributed by atoms with Crippen LogP contribution in [0.2, 0.25) is 5.02 Å². The van der Waals surface area contributed by atoms with Crippen LogP contribution in [-0.2, 0) is 9.53 Å². The zero-order chi connectivity index (χ0) is 13.4. The first-order valence-corrected chi connectivity index (χ1v) is 5.75. The number of imide groups is 1. The molecule has 4 nitrogen and oxygen atoms in total. The number of rotatable bonds is 0. The van der Waals surface area contributed by atoms with Crippen molar-refractivity contribution < 1.29 is 14.3 Å². The molecule has 5 heteroatoms. The van der Waals surface area contributed by atoms with Crippen molar-refractivity contribution >= 4 is 34.9 Å². The number of carbonyl (C=O) groups is 2. The summed E-state index contributed by atoms with van der Waals surface area (Å²) in [7, 11) is 1.24. The van der Waals surface area contributed by atoms with Crippen molar-refractivity contribution in [3.63, 3.8) is 0 Å². The molecule has 2 rings (SSSR count). The van der Waals surface area contributed by atoms with E-state index >= 15 is 0 Å². The Labute approximate surface area is 110 Å². The van der Waals surface area contributed by atoms with Crippen LogP contribution in [0.3, 0.4) is 0 Å². The first-order valence-electron chi connectivity index (χ1n) is 5.37. The molecule has 0 atom stereocenters. The Morgan fingerprint density at radius 2 is 2.00 bits per heavy atom. The standard InChI is InChI=1S/C13H12ClNO3/c1-7(2)11-9-5-4-8(14)6-10(9)15(12(11)16)13(17)18-3/h4-6H,1-3H3. The molecule has 1 aromatic carbocycles. The number of hydrogen-bond donors (Lipinski definition) is 0. The molecule has 1 aliphatic heterocycles. The van der Waals surface area contributed by atoms with Crippen LogP contribution in [-0.4, -0.2) is 19.1 Å². The van der Waals surface area contributed by atoms with E-state index in [1.807, 2.05) is 13.8 Å². The number of nitrogens with zero attached hydrogens (tertiary/aromatic N) is 1. The number of hydrogen-bond acceptors (Lipinski definition) is 3. The van der Waals surface area contributed by atoms with Crippen molar-refractivity contribution in [2.24, 2.45) is 0 Å². The molecule has 0 fully saturated rings. The molecule has 0 N–H and O–H groups in total. The molecule has 18 heavy (non-hydrogen) atoms. The number of amides is 2. The highest BCUT2D eigenvalue weighted by Gasteiger charge is 2.38. The molecule has 0 saturated carbocycles. The fourth-order valence-electron chi connectivity index (χ4n) is 1.99. The van der Waals surface area contributed by atoms with Gasteiger partial charge in [0.05, 0.1) is 12.8 Å². The Morgan fingerprint density at radius 3 is 2.56 bits per heavy atom. The number of benzene rings is 1. The summed E-state index contributed by atoms with van der Waals surface area (Å²) in [5, 5.41) is 0.463. The number of ether oxygens (including phenoxy) is 1. The lowest BCUT2D eigenvalue weighted by Gasteiger charge is -2.13. The van der Waals surface area contributed by atoms with Crippen LogP contribution < -0.4 is 4.90 Å². The maximum Gasteiger partial charge on any atom is 0.421 e. The highest BCUT2D eigenvalue weighted by atomic mass is 35.5. The van der Waals surface area contributed by atoms with E-state index in [-0.39, 0.29) is 5.91 Å². The average Bonchev–Trinajstić information content (AvgIpc) is 2.59. The van der Waals surface area contributed by atoms with Gasteiger partial charge in [0.1, 0.15) is 0 Å². The van der Waals surface area contributed by atoms with Crippen LogP contribution in [0.1, 0.15) is 19.4 Å². The third kappa shape index (κ3) is 1.78. The van der Waals surface area contributed by atoms with Crippen molar-refractivity contribution in [3.05, 3.63) is 34.4 Å². The largest absolute Gasteiger partial charge is 0.452 e. The van der Waals surface area contributed by atoms with Gasteiger partial charge in [-0.15, -0.1) is 0 Å². The molecule has 94 valence electrons. The van der Waals surface area contributed by atoms with E-state index in [4.69, 9.17) is 11.6 Å². The molecule has 2 amide bonds. The summed E-state index contributed by atoms with van der Waals surface area (Å²) in [5.74, 6) is -0.376. The quantitative estimate of drug-likeness (QED) is 0.677. The third-order valence-corrected chi connectivity index (χ3v) is 2.98. The molecule has 0 aromatic heterocycles. The van der Waals surface area contributed by atoms with E-state index in [0.29, 0.717) is 21.8 Å². The Balaban J connectivity index is 2.69. The maximum atomic E-state index is 12.2. The molecular formula is C13H12ClNO3. The molecule has 0 bridgehead atoms. The topological polar surface area (TPSA) is 46.6 Å².